The van der Waals surface area contributed by atoms with E-state index in [2.05, 4.69) is 15.6 Å². The summed E-state index contributed by atoms with van der Waals surface area (Å²) in [5, 5.41) is 6.22. The van der Waals surface area contributed by atoms with E-state index < -0.39 is 6.04 Å². The highest BCUT2D eigenvalue weighted by Gasteiger charge is 2.41. The van der Waals surface area contributed by atoms with Gasteiger partial charge in [-0.3, -0.25) is 19.4 Å². The number of ether oxygens (including phenoxy) is 2. The lowest BCUT2D eigenvalue weighted by Crippen LogP contribution is -2.42. The van der Waals surface area contributed by atoms with Crippen LogP contribution in [0.15, 0.2) is 82.8 Å². The number of amidine groups is 2. The molecule has 2 aliphatic heterocycles. The van der Waals surface area contributed by atoms with Crippen LogP contribution in [0.5, 0.6) is 11.5 Å². The Morgan fingerprint density at radius 2 is 1.67 bits per heavy atom. The zero-order valence-corrected chi connectivity index (χ0v) is 24.9. The molecule has 2 heterocycles. The number of hydrogen-bond acceptors (Lipinski definition) is 8. The molecule has 10 nitrogen and oxygen atoms in total. The number of carbonyl (C=O) groups excluding carboxylic acids is 3. The predicted octanol–water partition coefficient (Wildman–Crippen LogP) is 3.85. The van der Waals surface area contributed by atoms with Gasteiger partial charge in [-0.2, -0.15) is 0 Å². The Labute approximate surface area is 254 Å². The maximum atomic E-state index is 13.5. The van der Waals surface area contributed by atoms with E-state index in [-0.39, 0.29) is 36.3 Å². The van der Waals surface area contributed by atoms with Gasteiger partial charge in [0, 0.05) is 25.1 Å². The van der Waals surface area contributed by atoms with Crippen LogP contribution in [0.4, 0.5) is 5.69 Å². The van der Waals surface area contributed by atoms with E-state index in [4.69, 9.17) is 14.5 Å². The van der Waals surface area contributed by atoms with Crippen molar-refractivity contribution in [3.63, 3.8) is 0 Å². The Morgan fingerprint density at radius 1 is 0.907 bits per heavy atom. The molecule has 11 heteroatoms. The predicted molar refractivity (Wildman–Crippen MR) is 167 cm³/mol. The summed E-state index contributed by atoms with van der Waals surface area (Å²) in [4.78, 5) is 49.6. The van der Waals surface area contributed by atoms with Gasteiger partial charge in [0.25, 0.3) is 5.91 Å². The largest absolute Gasteiger partial charge is 0.493 e. The minimum Gasteiger partial charge on any atom is -0.493 e. The lowest BCUT2D eigenvalue weighted by atomic mass is 10.1. The minimum absolute atomic E-state index is 0.0799. The Morgan fingerprint density at radius 3 is 2.47 bits per heavy atom. The first-order valence-electron chi connectivity index (χ1n) is 14.0. The molecule has 3 aromatic carbocycles. The van der Waals surface area contributed by atoms with Crippen molar-refractivity contribution in [1.82, 2.24) is 15.5 Å². The molecule has 3 aromatic rings. The van der Waals surface area contributed by atoms with Crippen LogP contribution in [0.25, 0.3) is 0 Å². The molecule has 1 atom stereocenters. The van der Waals surface area contributed by atoms with Crippen LogP contribution in [0.1, 0.15) is 29.5 Å². The maximum absolute atomic E-state index is 13.5. The van der Waals surface area contributed by atoms with Gasteiger partial charge in [-0.1, -0.05) is 60.3 Å². The highest BCUT2D eigenvalue weighted by Crippen LogP contribution is 2.34. The fourth-order valence-corrected chi connectivity index (χ4v) is 5.63. The Balaban J connectivity index is 1.17. The van der Waals surface area contributed by atoms with Crippen LogP contribution in [0.2, 0.25) is 0 Å². The van der Waals surface area contributed by atoms with E-state index in [9.17, 15) is 14.4 Å². The van der Waals surface area contributed by atoms with Gasteiger partial charge < -0.3 is 20.1 Å². The summed E-state index contributed by atoms with van der Waals surface area (Å²) >= 11 is 1.19. The van der Waals surface area contributed by atoms with E-state index in [1.807, 2.05) is 72.8 Å². The number of nitrogens with one attached hydrogen (secondary N) is 2. The molecule has 2 N–H and O–H groups in total. The third-order valence-electron chi connectivity index (χ3n) is 7.04. The van der Waals surface area contributed by atoms with E-state index in [0.717, 1.165) is 16.7 Å². The van der Waals surface area contributed by atoms with Gasteiger partial charge in [-0.25, -0.2) is 9.89 Å². The summed E-state index contributed by atoms with van der Waals surface area (Å²) in [6.45, 7) is 0.865. The first-order valence-corrected chi connectivity index (χ1v) is 15.0. The highest BCUT2D eigenvalue weighted by atomic mass is 32.2. The molecule has 0 aliphatic carbocycles. The molecule has 0 spiro atoms. The van der Waals surface area contributed by atoms with Crippen molar-refractivity contribution in [3.05, 3.63) is 89.5 Å². The van der Waals surface area contributed by atoms with Crippen LogP contribution >= 0.6 is 11.8 Å². The summed E-state index contributed by atoms with van der Waals surface area (Å²) in [6.07, 6.45) is 1.06. The van der Waals surface area contributed by atoms with E-state index >= 15 is 0 Å². The fraction of sp³-hybridized carbons (Fsp3) is 0.281. The van der Waals surface area contributed by atoms with Crippen molar-refractivity contribution in [2.75, 3.05) is 26.5 Å². The minimum atomic E-state index is -0.704. The van der Waals surface area contributed by atoms with Gasteiger partial charge in [0.05, 0.1) is 25.7 Å². The zero-order chi connectivity index (χ0) is 30.2. The van der Waals surface area contributed by atoms with Crippen molar-refractivity contribution in [2.45, 2.75) is 31.8 Å². The molecule has 0 radical (unpaired) electrons. The number of carbonyl (C=O) groups is 3. The molecule has 0 unspecified atom stereocenters. The smallest absolute Gasteiger partial charge is 0.259 e. The lowest BCUT2D eigenvalue weighted by molar-refractivity contribution is -0.125. The second-order valence-electron chi connectivity index (χ2n) is 9.93. The number of benzene rings is 3. The molecule has 0 fully saturated rings. The van der Waals surface area contributed by atoms with Crippen molar-refractivity contribution >= 4 is 46.2 Å². The quantitative estimate of drug-likeness (QED) is 0.326. The average Bonchev–Trinajstić information content (AvgIpc) is 3.38. The summed E-state index contributed by atoms with van der Waals surface area (Å²) in [5.74, 6) is 1.29. The van der Waals surface area contributed by atoms with Gasteiger partial charge in [0.15, 0.2) is 16.7 Å². The molecular formula is C32H33N5O5S. The molecule has 0 bridgehead atoms. The second kappa shape index (κ2) is 14.0. The Bertz CT molecular complexity index is 1560. The third kappa shape index (κ3) is 7.23. The fourth-order valence-electron chi connectivity index (χ4n) is 4.80. The van der Waals surface area contributed by atoms with Crippen LogP contribution in [0, 0.1) is 0 Å². The van der Waals surface area contributed by atoms with Crippen molar-refractivity contribution in [1.29, 1.82) is 0 Å². The lowest BCUT2D eigenvalue weighted by Gasteiger charge is -2.25. The van der Waals surface area contributed by atoms with E-state index in [1.54, 1.807) is 14.2 Å². The second-order valence-corrected chi connectivity index (χ2v) is 10.9. The standard InChI is InChI=1S/C32H33N5O5S/c1-41-26-14-12-21(18-27(26)42-2)16-17-33-29(39)20-43-32-36-24-11-7-6-10-23(24)30-35-25(31(40)37(30)32)13-15-28(38)34-19-22-8-4-3-5-9-22/h3-12,14,18,25H,13,15-17,19-20H2,1-2H3,(H,33,39)(H,34,38)/t25-/m1/s1. The van der Waals surface area contributed by atoms with Crippen LogP contribution < -0.4 is 20.1 Å². The molecule has 0 aromatic heterocycles. The SMILES string of the molecule is COc1ccc(CCNC(=O)CSC2=Nc3ccccc3C3=N[C@H](CCC(=O)NCc4ccccc4)C(=O)N23)cc1OC. The van der Waals surface area contributed by atoms with Crippen LogP contribution in [-0.4, -0.2) is 66.2 Å². The maximum Gasteiger partial charge on any atom is 0.259 e. The number of methoxy groups -OCH3 is 2. The number of amides is 3. The number of para-hydroxylation sites is 1. The van der Waals surface area contributed by atoms with Gasteiger partial charge >= 0.3 is 0 Å². The number of fused-ring (bicyclic) bond motifs is 3. The average molecular weight is 600 g/mol. The first-order chi connectivity index (χ1) is 21.0. The number of thioether (sulfide) groups is 1. The molecular weight excluding hydrogens is 566 g/mol. The third-order valence-corrected chi connectivity index (χ3v) is 7.98. The summed E-state index contributed by atoms with van der Waals surface area (Å²) in [7, 11) is 3.17. The van der Waals surface area contributed by atoms with Crippen LogP contribution in [-0.2, 0) is 27.3 Å². The molecule has 3 amide bonds. The molecule has 2 aliphatic rings. The molecule has 222 valence electrons. The number of aliphatic imine (C=N–C) groups is 2. The van der Waals surface area contributed by atoms with Gasteiger partial charge in [-0.15, -0.1) is 0 Å². The number of nitrogens with zero attached hydrogens (tertiary/aromatic N) is 3. The highest BCUT2D eigenvalue weighted by molar-refractivity contribution is 8.14. The van der Waals surface area contributed by atoms with Gasteiger partial charge in [-0.05, 0) is 48.2 Å². The zero-order valence-electron chi connectivity index (χ0n) is 24.0. The van der Waals surface area contributed by atoms with Crippen molar-refractivity contribution in [3.8, 4) is 11.5 Å². The normalized spacial score (nSPS) is 15.2. The van der Waals surface area contributed by atoms with E-state index in [0.29, 0.717) is 47.7 Å². The number of rotatable bonds is 12. The van der Waals surface area contributed by atoms with Gasteiger partial charge in [0.2, 0.25) is 11.8 Å². The monoisotopic (exact) mass is 599 g/mol. The van der Waals surface area contributed by atoms with Crippen molar-refractivity contribution < 1.29 is 23.9 Å². The first kappa shape index (κ1) is 29.8. The van der Waals surface area contributed by atoms with Gasteiger partial charge in [0.1, 0.15) is 11.9 Å². The molecule has 43 heavy (non-hydrogen) atoms. The topological polar surface area (TPSA) is 122 Å². The van der Waals surface area contributed by atoms with E-state index in [1.165, 1.54) is 16.7 Å². The molecule has 0 saturated heterocycles. The number of hydrogen-bond donors (Lipinski definition) is 2. The summed E-state index contributed by atoms with van der Waals surface area (Å²) < 4.78 is 10.6. The Kier molecular flexibility index (Phi) is 9.73. The summed E-state index contributed by atoms with van der Waals surface area (Å²) in [6, 6.07) is 22.1. The molecule has 0 saturated carbocycles. The Hall–Kier alpha value is -4.64. The molecule has 5 rings (SSSR count). The van der Waals surface area contributed by atoms with Crippen molar-refractivity contribution in [2.24, 2.45) is 9.98 Å². The van der Waals surface area contributed by atoms with Crippen LogP contribution in [0.3, 0.4) is 0 Å². The summed E-state index contributed by atoms with van der Waals surface area (Å²) in [5.41, 5.74) is 3.44.